The van der Waals surface area contributed by atoms with Gasteiger partial charge in [-0.1, -0.05) is 30.3 Å². The average Bonchev–Trinajstić information content (AvgIpc) is 2.87. The molecule has 0 atom stereocenters. The van der Waals surface area contributed by atoms with Gasteiger partial charge in [-0.2, -0.15) is 13.2 Å². The number of alkyl halides is 3. The number of aliphatic carboxylic acids is 1. The molecule has 0 bridgehead atoms. The highest BCUT2D eigenvalue weighted by Gasteiger charge is 2.38. The second-order valence-corrected chi connectivity index (χ2v) is 6.23. The van der Waals surface area contributed by atoms with Gasteiger partial charge in [-0.15, -0.1) is 11.8 Å². The maximum atomic E-state index is 10.6. The molecule has 2 aromatic carbocycles. The van der Waals surface area contributed by atoms with Crippen LogP contribution >= 0.6 is 11.8 Å². The van der Waals surface area contributed by atoms with Gasteiger partial charge in [0.1, 0.15) is 12.4 Å². The van der Waals surface area contributed by atoms with Crippen molar-refractivity contribution in [1.29, 1.82) is 0 Å². The maximum absolute atomic E-state index is 10.6. The summed E-state index contributed by atoms with van der Waals surface area (Å²) in [4.78, 5) is 10.2. The number of nitrogens with one attached hydrogen (secondary N) is 1. The molecule has 2 aromatic rings. The van der Waals surface area contributed by atoms with Gasteiger partial charge >= 0.3 is 12.1 Å². The number of para-hydroxylation sites is 1. The van der Waals surface area contributed by atoms with Gasteiger partial charge in [-0.25, -0.2) is 4.79 Å². The summed E-state index contributed by atoms with van der Waals surface area (Å²) >= 11 is 1.76. The lowest BCUT2D eigenvalue weighted by Gasteiger charge is -2.13. The lowest BCUT2D eigenvalue weighted by Crippen LogP contribution is -2.21. The molecular weight excluding hydrogens is 367 g/mol. The van der Waals surface area contributed by atoms with Crippen molar-refractivity contribution >= 4 is 17.7 Å². The van der Waals surface area contributed by atoms with Gasteiger partial charge in [-0.05, 0) is 24.0 Å². The minimum atomic E-state index is -5.08. The summed E-state index contributed by atoms with van der Waals surface area (Å²) in [5, 5.41) is 10.5. The van der Waals surface area contributed by atoms with E-state index in [-0.39, 0.29) is 0 Å². The normalized spacial score (nSPS) is 13.5. The van der Waals surface area contributed by atoms with Crippen molar-refractivity contribution in [2.75, 3.05) is 19.4 Å². The summed E-state index contributed by atoms with van der Waals surface area (Å²) in [6, 6.07) is 15.0. The van der Waals surface area contributed by atoms with Crippen LogP contribution in [0.5, 0.6) is 5.75 Å². The number of hydrogen-bond acceptors (Lipinski definition) is 4. The van der Waals surface area contributed by atoms with Crippen LogP contribution in [0.4, 0.5) is 13.2 Å². The predicted octanol–water partition coefficient (Wildman–Crippen LogP) is 4.19. The average molecular weight is 385 g/mol. The maximum Gasteiger partial charge on any atom is 0.490 e. The molecule has 0 radical (unpaired) electrons. The molecule has 1 aliphatic rings. The number of hydrogen-bond donors (Lipinski definition) is 2. The summed E-state index contributed by atoms with van der Waals surface area (Å²) in [5.74, 6) is -1.73. The zero-order valence-electron chi connectivity index (χ0n) is 14.0. The zero-order chi connectivity index (χ0) is 19.2. The number of carbonyl (C=O) groups is 1. The molecule has 0 amide bonds. The van der Waals surface area contributed by atoms with Crippen LogP contribution in [0.3, 0.4) is 0 Å². The summed E-state index contributed by atoms with van der Waals surface area (Å²) in [5.41, 5.74) is 3.65. The lowest BCUT2D eigenvalue weighted by atomic mass is 10.0. The molecule has 1 heterocycles. The van der Waals surface area contributed by atoms with Gasteiger partial charge in [0.2, 0.25) is 0 Å². The molecule has 0 saturated carbocycles. The highest BCUT2D eigenvalue weighted by atomic mass is 32.2. The molecule has 8 heteroatoms. The van der Waals surface area contributed by atoms with Gasteiger partial charge < -0.3 is 15.2 Å². The van der Waals surface area contributed by atoms with Crippen molar-refractivity contribution in [3.63, 3.8) is 0 Å². The fourth-order valence-corrected chi connectivity index (χ4v) is 2.75. The van der Waals surface area contributed by atoms with E-state index in [1.807, 2.05) is 0 Å². The molecule has 140 valence electrons. The van der Waals surface area contributed by atoms with E-state index in [0.717, 1.165) is 25.4 Å². The number of halogens is 3. The summed E-state index contributed by atoms with van der Waals surface area (Å²) in [7, 11) is 0. The predicted molar refractivity (Wildman–Crippen MR) is 94.6 cm³/mol. The number of carboxylic acids is 1. The largest absolute Gasteiger partial charge is 0.491 e. The molecule has 2 N–H and O–H groups in total. The first-order chi connectivity index (χ1) is 12.3. The van der Waals surface area contributed by atoms with E-state index in [0.29, 0.717) is 0 Å². The molecule has 0 fully saturated rings. The van der Waals surface area contributed by atoms with Crippen molar-refractivity contribution in [2.45, 2.75) is 17.6 Å². The first kappa shape index (κ1) is 20.1. The summed E-state index contributed by atoms with van der Waals surface area (Å²) < 4.78 is 37.7. The van der Waals surface area contributed by atoms with Crippen LogP contribution in [0.1, 0.15) is 5.56 Å². The van der Waals surface area contributed by atoms with E-state index in [1.165, 1.54) is 21.6 Å². The Hall–Kier alpha value is -2.19. The van der Waals surface area contributed by atoms with E-state index < -0.39 is 12.1 Å². The number of benzene rings is 2. The van der Waals surface area contributed by atoms with E-state index in [9.17, 15) is 13.2 Å². The van der Waals surface area contributed by atoms with E-state index >= 15 is 0 Å². The number of fused-ring (bicyclic) bond motifs is 1. The Kier molecular flexibility index (Phi) is 6.93. The number of rotatable bonds is 2. The minimum absolute atomic E-state index is 0.729. The van der Waals surface area contributed by atoms with Gasteiger partial charge in [0.15, 0.2) is 0 Å². The standard InChI is InChI=1S/C16H17NOS.C2HF3O2/c1-19-14-7-5-12(6-8-14)15-4-2-3-13-11-17-9-10-18-16(13)15;3-2(4,5)1(6)7/h2-8,17H,9-11H2,1H3;(H,6,7). The smallest absolute Gasteiger partial charge is 0.490 e. The van der Waals surface area contributed by atoms with E-state index in [4.69, 9.17) is 14.6 Å². The third-order valence-corrected chi connectivity index (χ3v) is 4.32. The van der Waals surface area contributed by atoms with Crippen LogP contribution in [0, 0.1) is 0 Å². The Balaban J connectivity index is 0.000000298. The van der Waals surface area contributed by atoms with Crippen molar-refractivity contribution < 1.29 is 27.8 Å². The number of ether oxygens (including phenoxy) is 1. The molecule has 1 aliphatic heterocycles. The molecule has 0 saturated heterocycles. The van der Waals surface area contributed by atoms with Crippen LogP contribution in [-0.4, -0.2) is 36.7 Å². The van der Waals surface area contributed by atoms with Crippen LogP contribution in [0.25, 0.3) is 11.1 Å². The summed E-state index contributed by atoms with van der Waals surface area (Å²) in [6.07, 6.45) is -2.99. The highest BCUT2D eigenvalue weighted by Crippen LogP contribution is 2.34. The zero-order valence-corrected chi connectivity index (χ0v) is 14.8. The fraction of sp³-hybridized carbons (Fsp3) is 0.278. The molecule has 26 heavy (non-hydrogen) atoms. The van der Waals surface area contributed by atoms with Crippen molar-refractivity contribution in [3.05, 3.63) is 48.0 Å². The van der Waals surface area contributed by atoms with Gasteiger partial charge in [-0.3, -0.25) is 0 Å². The quantitative estimate of drug-likeness (QED) is 0.759. The Morgan fingerprint density at radius 2 is 1.85 bits per heavy atom. The Morgan fingerprint density at radius 1 is 1.19 bits per heavy atom. The number of thioether (sulfide) groups is 1. The van der Waals surface area contributed by atoms with Crippen LogP contribution in [0.2, 0.25) is 0 Å². The fourth-order valence-electron chi connectivity index (χ4n) is 2.34. The molecule has 0 aromatic heterocycles. The summed E-state index contributed by atoms with van der Waals surface area (Å²) in [6.45, 7) is 2.51. The second kappa shape index (κ2) is 8.95. The third kappa shape index (κ3) is 5.40. The molecule has 3 rings (SSSR count). The lowest BCUT2D eigenvalue weighted by molar-refractivity contribution is -0.192. The first-order valence-electron chi connectivity index (χ1n) is 7.73. The van der Waals surface area contributed by atoms with Gasteiger partial charge in [0, 0.05) is 29.1 Å². The van der Waals surface area contributed by atoms with Gasteiger partial charge in [0.25, 0.3) is 0 Å². The molecule has 4 nitrogen and oxygen atoms in total. The van der Waals surface area contributed by atoms with Crippen LogP contribution in [-0.2, 0) is 11.3 Å². The Morgan fingerprint density at radius 3 is 2.42 bits per heavy atom. The number of carboxylic acid groups (broad SMARTS) is 1. The molecule has 0 spiro atoms. The first-order valence-corrected chi connectivity index (χ1v) is 8.95. The van der Waals surface area contributed by atoms with E-state index in [1.54, 1.807) is 11.8 Å². The highest BCUT2D eigenvalue weighted by molar-refractivity contribution is 7.98. The SMILES string of the molecule is CSc1ccc(-c2cccc3c2OCCNC3)cc1.O=C(O)C(F)(F)F. The van der Waals surface area contributed by atoms with Crippen molar-refractivity contribution in [2.24, 2.45) is 0 Å². The topological polar surface area (TPSA) is 58.6 Å². The van der Waals surface area contributed by atoms with Gasteiger partial charge in [0.05, 0.1) is 0 Å². The molecular formula is C18H18F3NO3S. The van der Waals surface area contributed by atoms with Crippen molar-refractivity contribution in [1.82, 2.24) is 5.32 Å². The Bertz CT molecular complexity index is 748. The monoisotopic (exact) mass is 385 g/mol. The van der Waals surface area contributed by atoms with Crippen LogP contribution < -0.4 is 10.1 Å². The van der Waals surface area contributed by atoms with E-state index in [2.05, 4.69) is 54.0 Å². The Labute approximate surface area is 153 Å². The third-order valence-electron chi connectivity index (χ3n) is 3.58. The molecule has 0 aliphatic carbocycles. The second-order valence-electron chi connectivity index (χ2n) is 5.35. The molecule has 0 unspecified atom stereocenters. The van der Waals surface area contributed by atoms with Crippen LogP contribution in [0.15, 0.2) is 47.4 Å². The van der Waals surface area contributed by atoms with Crippen molar-refractivity contribution in [3.8, 4) is 16.9 Å². The minimum Gasteiger partial charge on any atom is -0.491 e.